The Bertz CT molecular complexity index is 2940. The molecule has 5 aliphatic heterocycles. The standard InChI is InChI=1S/C16H21NO3.C15H19N3O.2C8H11N.C7H11N3O.C7H10O3.C6H10O3.CH4N2.H2/c1-12(13-7-5-4-6-8-13)17-10-9-14(18)16(2,11-17)15(19)20-3;1-11(12-6-4-3-5-7-12)18-9-8-14-13(10-18)15(19)17(2)16-14;2*1-7(9)8-5-3-2-4-6-8;1-10-7(11)5-4-8-3-2-6(5)9-10;1-4-6(8)5(2)7(9)10-3;1-4(5(2)7)6(8)9-3;2-1-3;/h4-8,12H,9-11H2,1-3H3;3-7,11,13H,8-10H2,1-2H3;2*2-7H,9H2,1H3;5,8H,2-4H2,1H3;4-5H,1H2,2-3H3;4H,1-3H3;1H,(H3,2,3);1H. The van der Waals surface area contributed by atoms with Gasteiger partial charge in [0.2, 0.25) is 0 Å². The summed E-state index contributed by atoms with van der Waals surface area (Å²) in [7, 11) is 7.31. The highest BCUT2D eigenvalue weighted by molar-refractivity contribution is 6.09. The number of piperidine rings is 3. The van der Waals surface area contributed by atoms with Crippen molar-refractivity contribution in [3.63, 3.8) is 0 Å². The van der Waals surface area contributed by atoms with Gasteiger partial charge >= 0.3 is 17.9 Å². The first-order chi connectivity index (χ1) is 42.7. The third-order valence-corrected chi connectivity index (χ3v) is 15.6. The first-order valence-electron chi connectivity index (χ1n) is 29.9. The fourth-order valence-corrected chi connectivity index (χ4v) is 9.63. The van der Waals surface area contributed by atoms with Gasteiger partial charge in [0.1, 0.15) is 23.0 Å². The summed E-state index contributed by atoms with van der Waals surface area (Å²) in [5, 5.41) is 20.5. The van der Waals surface area contributed by atoms with Gasteiger partial charge in [-0.05, 0) is 83.7 Å². The van der Waals surface area contributed by atoms with Crippen LogP contribution < -0.4 is 22.5 Å². The fourth-order valence-electron chi connectivity index (χ4n) is 9.63. The zero-order valence-electron chi connectivity index (χ0n) is 54.8. The Hall–Kier alpha value is -8.41. The number of esters is 3. The summed E-state index contributed by atoms with van der Waals surface area (Å²) in [6.07, 6.45) is 4.07. The number of amides is 2. The summed E-state index contributed by atoms with van der Waals surface area (Å²) in [5.41, 5.74) is 21.6. The van der Waals surface area contributed by atoms with Crippen LogP contribution in [0.5, 0.6) is 0 Å². The van der Waals surface area contributed by atoms with E-state index in [0.29, 0.717) is 25.6 Å². The molecule has 9 unspecified atom stereocenters. The SMILES string of the molecule is C=CC(=O)C(C)C(=O)OC.CC(N)c1ccccc1.CC(N)c1ccccc1.CC(c1ccccc1)N1CCC2=NN(C)C(=O)C2C1.CN1N=C2CCNCC2C1=O.COC(=O)C(C)C(C)=O.COC(=O)C1(C)CN(C(C)c2ccccc2)CCC1=O.N=CN.[HH]. The summed E-state index contributed by atoms with van der Waals surface area (Å²) in [6.45, 7) is 22.1. The van der Waals surface area contributed by atoms with Crippen LogP contribution in [0.2, 0.25) is 0 Å². The molecule has 0 bridgehead atoms. The molecule has 5 aliphatic rings. The second-order valence-electron chi connectivity index (χ2n) is 22.1. The van der Waals surface area contributed by atoms with E-state index in [4.69, 9.17) is 21.6 Å². The first-order valence-corrected chi connectivity index (χ1v) is 29.9. The molecule has 0 aromatic heterocycles. The van der Waals surface area contributed by atoms with E-state index < -0.39 is 35.2 Å². The second-order valence-corrected chi connectivity index (χ2v) is 22.1. The average Bonchev–Trinajstić information content (AvgIpc) is 1.73. The van der Waals surface area contributed by atoms with Crippen molar-refractivity contribution in [1.29, 1.82) is 5.41 Å². The number of hydrazone groups is 2. The van der Waals surface area contributed by atoms with Crippen LogP contribution in [0, 0.1) is 34.5 Å². The van der Waals surface area contributed by atoms with Gasteiger partial charge in [0.05, 0.1) is 50.9 Å². The van der Waals surface area contributed by atoms with Crippen molar-refractivity contribution in [3.8, 4) is 0 Å². The Balaban J connectivity index is 0.000000541. The molecule has 5 heterocycles. The van der Waals surface area contributed by atoms with E-state index >= 15 is 0 Å². The predicted octanol–water partition coefficient (Wildman–Crippen LogP) is 7.67. The third-order valence-electron chi connectivity index (χ3n) is 15.6. The number of carbonyl (C=O) groups is 8. The highest BCUT2D eigenvalue weighted by atomic mass is 16.5. The number of hydrogen-bond donors (Lipinski definition) is 5. The van der Waals surface area contributed by atoms with Gasteiger partial charge in [-0.1, -0.05) is 128 Å². The van der Waals surface area contributed by atoms with Gasteiger partial charge in [-0.2, -0.15) is 10.2 Å². The Morgan fingerprint density at radius 2 is 1.02 bits per heavy atom. The van der Waals surface area contributed by atoms with Gasteiger partial charge in [0.15, 0.2) is 11.6 Å². The van der Waals surface area contributed by atoms with Crippen molar-refractivity contribution >= 4 is 64.8 Å². The van der Waals surface area contributed by atoms with E-state index in [-0.39, 0.29) is 60.6 Å². The van der Waals surface area contributed by atoms with Crippen LogP contribution in [-0.4, -0.2) is 159 Å². The average molecular weight is 1250 g/mol. The number of ketones is 3. The highest BCUT2D eigenvalue weighted by Crippen LogP contribution is 2.33. The van der Waals surface area contributed by atoms with Crippen LogP contribution in [0.25, 0.3) is 0 Å². The number of fused-ring (bicyclic) bond motifs is 2. The van der Waals surface area contributed by atoms with E-state index in [1.54, 1.807) is 21.0 Å². The van der Waals surface area contributed by atoms with E-state index in [0.717, 1.165) is 62.9 Å². The number of hydrogen-bond acceptors (Lipinski definition) is 19. The van der Waals surface area contributed by atoms with E-state index in [9.17, 15) is 38.4 Å². The summed E-state index contributed by atoms with van der Waals surface area (Å²) in [5.74, 6) is -2.99. The van der Waals surface area contributed by atoms with Gasteiger partial charge in [-0.25, -0.2) is 10.0 Å². The molecular weight excluding hydrogens is 1150 g/mol. The van der Waals surface area contributed by atoms with Gasteiger partial charge in [-0.15, -0.1) is 0 Å². The van der Waals surface area contributed by atoms with Crippen molar-refractivity contribution in [1.82, 2.24) is 25.1 Å². The minimum Gasteiger partial charge on any atom is -0.468 e. The molecule has 22 heteroatoms. The molecule has 3 saturated heterocycles. The number of nitrogens with zero attached hydrogens (tertiary/aromatic N) is 6. The van der Waals surface area contributed by atoms with E-state index in [1.165, 1.54) is 74.4 Å². The summed E-state index contributed by atoms with van der Waals surface area (Å²) in [4.78, 5) is 94.2. The van der Waals surface area contributed by atoms with E-state index in [1.807, 2.05) is 98.8 Å². The van der Waals surface area contributed by atoms with Crippen molar-refractivity contribution in [3.05, 3.63) is 156 Å². The molecule has 8 N–H and O–H groups in total. The Labute approximate surface area is 533 Å². The molecule has 492 valence electrons. The molecule has 90 heavy (non-hydrogen) atoms. The van der Waals surface area contributed by atoms with Crippen molar-refractivity contribution in [2.45, 2.75) is 98.8 Å². The lowest BCUT2D eigenvalue weighted by Gasteiger charge is -2.40. The molecule has 4 aromatic rings. The number of benzene rings is 4. The van der Waals surface area contributed by atoms with Gasteiger partial charge in [-0.3, -0.25) is 53.6 Å². The lowest BCUT2D eigenvalue weighted by atomic mass is 9.80. The Morgan fingerprint density at radius 3 is 1.39 bits per heavy atom. The molecule has 0 spiro atoms. The van der Waals surface area contributed by atoms with Gasteiger partial charge < -0.3 is 36.7 Å². The number of allylic oxidation sites excluding steroid dienone is 1. The molecule has 4 aromatic carbocycles. The molecule has 2 amide bonds. The van der Waals surface area contributed by atoms with Crippen LogP contribution in [0.3, 0.4) is 0 Å². The maximum atomic E-state index is 12.1. The minimum atomic E-state index is -1.05. The van der Waals surface area contributed by atoms with Crippen LogP contribution in [0.1, 0.15) is 123 Å². The van der Waals surface area contributed by atoms with E-state index in [2.05, 4.69) is 97.4 Å². The Kier molecular flexibility index (Phi) is 34.8. The van der Waals surface area contributed by atoms with Crippen molar-refractivity contribution in [2.24, 2.45) is 56.5 Å². The molecule has 0 aliphatic carbocycles. The number of nitrogens with two attached hydrogens (primary N) is 3. The highest BCUT2D eigenvalue weighted by Gasteiger charge is 2.47. The molecular formula is C68H99N11O11. The first kappa shape index (κ1) is 77.7. The van der Waals surface area contributed by atoms with Crippen molar-refractivity contribution in [2.75, 3.05) is 74.7 Å². The molecule has 9 rings (SSSR count). The summed E-state index contributed by atoms with van der Waals surface area (Å²) in [6, 6.07) is 41.5. The number of ether oxygens (including phenoxy) is 3. The summed E-state index contributed by atoms with van der Waals surface area (Å²) >= 11 is 0. The van der Waals surface area contributed by atoms with Crippen LogP contribution in [0.15, 0.2) is 144 Å². The minimum absolute atomic E-state index is 0. The van der Waals surface area contributed by atoms with Crippen LogP contribution >= 0.6 is 0 Å². The van der Waals surface area contributed by atoms with Crippen LogP contribution in [0.4, 0.5) is 0 Å². The van der Waals surface area contributed by atoms with Crippen molar-refractivity contribution < 1.29 is 54.0 Å². The molecule has 9 atom stereocenters. The number of carbonyl (C=O) groups excluding carboxylic acids is 8. The number of methoxy groups -OCH3 is 3. The Morgan fingerprint density at radius 1 is 0.633 bits per heavy atom. The number of rotatable bonds is 12. The monoisotopic (exact) mass is 1250 g/mol. The fraction of sp³-hybridized carbons (Fsp3) is 0.456. The lowest BCUT2D eigenvalue weighted by molar-refractivity contribution is -0.161. The maximum absolute atomic E-state index is 12.1. The van der Waals surface area contributed by atoms with Gasteiger partial charge in [0.25, 0.3) is 11.8 Å². The number of nitrogens with one attached hydrogen (secondary N) is 2. The quantitative estimate of drug-likeness (QED) is 0.0227. The maximum Gasteiger partial charge on any atom is 0.320 e. The topological polar surface area (TPSA) is 316 Å². The number of likely N-dealkylation sites (tertiary alicyclic amines) is 2. The third kappa shape index (κ3) is 24.5. The van der Waals surface area contributed by atoms with Crippen LogP contribution in [-0.2, 0) is 52.6 Å². The molecule has 3 fully saturated rings. The molecule has 0 radical (unpaired) electrons. The number of Topliss-reactive ketones (excluding diaryl/α,β-unsaturated/α-hetero) is 2. The largest absolute Gasteiger partial charge is 0.468 e. The predicted molar refractivity (Wildman–Crippen MR) is 354 cm³/mol. The normalized spacial score (nSPS) is 19.9. The zero-order chi connectivity index (χ0) is 67.7. The van der Waals surface area contributed by atoms with Gasteiger partial charge in [0, 0.05) is 98.2 Å². The smallest absolute Gasteiger partial charge is 0.320 e. The second kappa shape index (κ2) is 40.3. The molecule has 0 saturated carbocycles. The summed E-state index contributed by atoms with van der Waals surface area (Å²) < 4.78 is 13.5. The zero-order valence-corrected chi connectivity index (χ0v) is 54.8. The lowest BCUT2D eigenvalue weighted by Crippen LogP contribution is -2.52. The molecule has 22 nitrogen and oxygen atoms in total.